The van der Waals surface area contributed by atoms with Crippen molar-refractivity contribution in [1.29, 1.82) is 0 Å². The van der Waals surface area contributed by atoms with E-state index in [0.717, 1.165) is 35.0 Å². The molecule has 0 bridgehead atoms. The number of anilines is 1. The predicted octanol–water partition coefficient (Wildman–Crippen LogP) is 5.25. The molecule has 3 heterocycles. The van der Waals surface area contributed by atoms with Crippen molar-refractivity contribution in [1.82, 2.24) is 14.9 Å². The number of benzene rings is 2. The first-order valence-corrected chi connectivity index (χ1v) is 12.6. The molecule has 0 unspecified atom stereocenters. The van der Waals surface area contributed by atoms with Crippen LogP contribution < -0.4 is 14.8 Å². The number of piperidine rings is 1. The highest BCUT2D eigenvalue weighted by molar-refractivity contribution is 6.03. The molecule has 2 aromatic heterocycles. The summed E-state index contributed by atoms with van der Waals surface area (Å²) < 4.78 is 10.7. The number of hydrogen-bond donors (Lipinski definition) is 2. The van der Waals surface area contributed by atoms with Crippen molar-refractivity contribution >= 4 is 34.5 Å². The number of nitrogens with zero attached hydrogens (tertiary/aromatic N) is 2. The number of H-pyrrole nitrogens is 1. The average Bonchev–Trinajstić information content (AvgIpc) is 3.39. The van der Waals surface area contributed by atoms with Crippen LogP contribution in [0.3, 0.4) is 0 Å². The van der Waals surface area contributed by atoms with E-state index in [4.69, 9.17) is 9.47 Å². The molecule has 2 amide bonds. The minimum absolute atomic E-state index is 0.155. The van der Waals surface area contributed by atoms with Crippen molar-refractivity contribution in [2.24, 2.45) is 0 Å². The van der Waals surface area contributed by atoms with Crippen molar-refractivity contribution < 1.29 is 19.1 Å². The average molecular weight is 511 g/mol. The van der Waals surface area contributed by atoms with Gasteiger partial charge in [0, 0.05) is 54.2 Å². The summed E-state index contributed by atoms with van der Waals surface area (Å²) in [5.74, 6) is 0.845. The van der Waals surface area contributed by atoms with E-state index in [9.17, 15) is 9.59 Å². The summed E-state index contributed by atoms with van der Waals surface area (Å²) in [5, 5.41) is 4.00. The summed E-state index contributed by atoms with van der Waals surface area (Å²) in [7, 11) is 3.05. The zero-order chi connectivity index (χ0) is 26.5. The molecule has 1 aliphatic rings. The lowest BCUT2D eigenvalue weighted by Gasteiger charge is -2.32. The highest BCUT2D eigenvalue weighted by Crippen LogP contribution is 2.33. The maximum Gasteiger partial charge on any atom is 0.276 e. The van der Waals surface area contributed by atoms with Gasteiger partial charge in [-0.2, -0.15) is 0 Å². The molecule has 194 valence electrons. The largest absolute Gasteiger partial charge is 0.493 e. The molecule has 1 aliphatic heterocycles. The SMILES string of the molecule is COc1ccnc(C(=O)N2CCC(c3ccc(NC(=O)/C=C\c4c[nH]c5ccccc45)cc3)CC2)c1OC. The number of para-hydroxylation sites is 1. The molecule has 0 radical (unpaired) electrons. The van der Waals surface area contributed by atoms with Gasteiger partial charge in [-0.1, -0.05) is 30.3 Å². The highest BCUT2D eigenvalue weighted by atomic mass is 16.5. The smallest absolute Gasteiger partial charge is 0.276 e. The van der Waals surface area contributed by atoms with Crippen LogP contribution in [0.1, 0.15) is 40.4 Å². The second-order valence-electron chi connectivity index (χ2n) is 9.20. The van der Waals surface area contributed by atoms with Crippen molar-refractivity contribution in [2.75, 3.05) is 32.6 Å². The third kappa shape index (κ3) is 5.25. The summed E-state index contributed by atoms with van der Waals surface area (Å²) in [6.45, 7) is 1.26. The third-order valence-electron chi connectivity index (χ3n) is 6.96. The third-order valence-corrected chi connectivity index (χ3v) is 6.96. The van der Waals surface area contributed by atoms with E-state index < -0.39 is 0 Å². The quantitative estimate of drug-likeness (QED) is 0.331. The van der Waals surface area contributed by atoms with Crippen LogP contribution in [0.25, 0.3) is 17.0 Å². The lowest BCUT2D eigenvalue weighted by molar-refractivity contribution is -0.111. The topological polar surface area (TPSA) is 96.5 Å². The van der Waals surface area contributed by atoms with Crippen LogP contribution >= 0.6 is 0 Å². The van der Waals surface area contributed by atoms with Crippen LogP contribution in [0.4, 0.5) is 5.69 Å². The molecule has 1 fully saturated rings. The van der Waals surface area contributed by atoms with E-state index in [1.807, 2.05) is 65.7 Å². The second kappa shape index (κ2) is 11.2. The Bertz CT molecular complexity index is 1470. The molecule has 1 saturated heterocycles. The summed E-state index contributed by atoms with van der Waals surface area (Å²) in [5.41, 5.74) is 4.21. The molecule has 2 N–H and O–H groups in total. The van der Waals surface area contributed by atoms with Crippen LogP contribution in [0, 0.1) is 0 Å². The number of ether oxygens (including phenoxy) is 2. The van der Waals surface area contributed by atoms with Gasteiger partial charge in [0.1, 0.15) is 0 Å². The minimum atomic E-state index is -0.184. The monoisotopic (exact) mass is 510 g/mol. The van der Waals surface area contributed by atoms with Crippen molar-refractivity contribution in [3.8, 4) is 11.5 Å². The van der Waals surface area contributed by atoms with E-state index in [1.54, 1.807) is 18.3 Å². The van der Waals surface area contributed by atoms with Gasteiger partial charge in [0.15, 0.2) is 17.2 Å². The Kier molecular flexibility index (Phi) is 7.40. The number of carbonyl (C=O) groups excluding carboxylic acids is 2. The number of methoxy groups -OCH3 is 2. The number of amides is 2. The first-order valence-electron chi connectivity index (χ1n) is 12.6. The van der Waals surface area contributed by atoms with Crippen LogP contribution in [0.15, 0.2) is 73.1 Å². The van der Waals surface area contributed by atoms with Crippen LogP contribution in [0.2, 0.25) is 0 Å². The van der Waals surface area contributed by atoms with Gasteiger partial charge in [-0.3, -0.25) is 9.59 Å². The molecule has 0 saturated carbocycles. The van der Waals surface area contributed by atoms with Crippen LogP contribution in [0.5, 0.6) is 11.5 Å². The van der Waals surface area contributed by atoms with E-state index in [0.29, 0.717) is 30.5 Å². The maximum atomic E-state index is 13.1. The van der Waals surface area contributed by atoms with E-state index >= 15 is 0 Å². The van der Waals surface area contributed by atoms with Crippen LogP contribution in [-0.4, -0.2) is 54.0 Å². The Labute approximate surface area is 221 Å². The maximum absolute atomic E-state index is 13.1. The number of aromatic amines is 1. The molecular formula is C30H30N4O4. The Morgan fingerprint density at radius 3 is 2.53 bits per heavy atom. The number of fused-ring (bicyclic) bond motifs is 1. The fourth-order valence-electron chi connectivity index (χ4n) is 4.93. The zero-order valence-electron chi connectivity index (χ0n) is 21.4. The van der Waals surface area contributed by atoms with Gasteiger partial charge in [0.05, 0.1) is 14.2 Å². The number of nitrogens with one attached hydrogen (secondary N) is 2. The second-order valence-corrected chi connectivity index (χ2v) is 9.20. The summed E-state index contributed by atoms with van der Waals surface area (Å²) >= 11 is 0. The zero-order valence-corrected chi connectivity index (χ0v) is 21.4. The number of likely N-dealkylation sites (tertiary alicyclic amines) is 1. The number of hydrogen-bond acceptors (Lipinski definition) is 5. The number of pyridine rings is 1. The predicted molar refractivity (Wildman–Crippen MR) is 148 cm³/mol. The van der Waals surface area contributed by atoms with Gasteiger partial charge in [0.25, 0.3) is 5.91 Å². The van der Waals surface area contributed by atoms with Crippen LogP contribution in [-0.2, 0) is 4.79 Å². The van der Waals surface area contributed by atoms with Gasteiger partial charge in [-0.15, -0.1) is 0 Å². The molecular weight excluding hydrogens is 480 g/mol. The van der Waals surface area contributed by atoms with Crippen molar-refractivity contribution in [3.05, 3.63) is 89.9 Å². The molecule has 5 rings (SSSR count). The number of rotatable bonds is 7. The van der Waals surface area contributed by atoms with E-state index in [-0.39, 0.29) is 17.5 Å². The molecule has 0 atom stereocenters. The molecule has 0 aliphatic carbocycles. The summed E-state index contributed by atoms with van der Waals surface area (Å²) in [6.07, 6.45) is 8.50. The fraction of sp³-hybridized carbons (Fsp3) is 0.233. The molecule has 8 nitrogen and oxygen atoms in total. The molecule has 2 aromatic carbocycles. The lowest BCUT2D eigenvalue weighted by atomic mass is 9.89. The Hall–Kier alpha value is -4.59. The summed E-state index contributed by atoms with van der Waals surface area (Å²) in [4.78, 5) is 34.8. The standard InChI is InChI=1S/C30H30N4O4/c1-37-26-13-16-31-28(29(26)38-2)30(36)34-17-14-21(15-18-34)20-7-10-23(11-8-20)33-27(35)12-9-22-19-32-25-6-4-3-5-24(22)25/h3-13,16,19,21,32H,14-15,17-18H2,1-2H3,(H,33,35)/b12-9-. The Morgan fingerprint density at radius 1 is 1.03 bits per heavy atom. The first kappa shape index (κ1) is 25.1. The first-order chi connectivity index (χ1) is 18.6. The number of carbonyl (C=O) groups is 2. The van der Waals surface area contributed by atoms with Crippen molar-refractivity contribution in [2.45, 2.75) is 18.8 Å². The van der Waals surface area contributed by atoms with Gasteiger partial charge in [-0.25, -0.2) is 4.98 Å². The van der Waals surface area contributed by atoms with Crippen molar-refractivity contribution in [3.63, 3.8) is 0 Å². The van der Waals surface area contributed by atoms with E-state index in [2.05, 4.69) is 15.3 Å². The van der Waals surface area contributed by atoms with Gasteiger partial charge in [0.2, 0.25) is 5.91 Å². The van der Waals surface area contributed by atoms with Gasteiger partial charge in [-0.05, 0) is 54.2 Å². The summed E-state index contributed by atoms with van der Waals surface area (Å²) in [6, 6.07) is 17.6. The van der Waals surface area contributed by atoms with Gasteiger partial charge >= 0.3 is 0 Å². The molecule has 8 heteroatoms. The van der Waals surface area contributed by atoms with E-state index in [1.165, 1.54) is 19.8 Å². The molecule has 4 aromatic rings. The van der Waals surface area contributed by atoms with Gasteiger partial charge < -0.3 is 24.7 Å². The minimum Gasteiger partial charge on any atom is -0.493 e. The Morgan fingerprint density at radius 2 is 1.79 bits per heavy atom. The normalized spacial score (nSPS) is 14.1. The number of aromatic nitrogens is 2. The highest BCUT2D eigenvalue weighted by Gasteiger charge is 2.28. The lowest BCUT2D eigenvalue weighted by Crippen LogP contribution is -2.38. The molecule has 0 spiro atoms. The molecule has 38 heavy (non-hydrogen) atoms. The Balaban J connectivity index is 1.16. The fourth-order valence-corrected chi connectivity index (χ4v) is 4.93.